The van der Waals surface area contributed by atoms with Crippen molar-refractivity contribution in [2.45, 2.75) is 12.1 Å². The summed E-state index contributed by atoms with van der Waals surface area (Å²) in [5.74, 6) is 0.0396. The molecule has 0 radical (unpaired) electrons. The number of rotatable bonds is 6. The molecule has 120 valence electrons. The van der Waals surface area contributed by atoms with Crippen LogP contribution in [-0.4, -0.2) is 39.1 Å². The van der Waals surface area contributed by atoms with E-state index >= 15 is 0 Å². The summed E-state index contributed by atoms with van der Waals surface area (Å²) in [7, 11) is 0. The lowest BCUT2D eigenvalue weighted by molar-refractivity contribution is -0.384. The molecular weight excluding hydrogens is 300 g/mol. The van der Waals surface area contributed by atoms with E-state index < -0.39 is 23.7 Å². The van der Waals surface area contributed by atoms with Crippen LogP contribution in [0.25, 0.3) is 0 Å². The van der Waals surface area contributed by atoms with E-state index in [4.69, 9.17) is 0 Å². The molecule has 7 heteroatoms. The first-order valence-electron chi connectivity index (χ1n) is 6.87. The smallest absolute Gasteiger partial charge is 0.269 e. The van der Waals surface area contributed by atoms with Gasteiger partial charge in [0.25, 0.3) is 5.69 Å². The Hall–Kier alpha value is -2.77. The van der Waals surface area contributed by atoms with Crippen molar-refractivity contribution in [2.75, 3.05) is 6.61 Å². The molecule has 0 saturated carbocycles. The minimum absolute atomic E-state index is 0.0396. The highest BCUT2D eigenvalue weighted by atomic mass is 16.6. The Bertz CT molecular complexity index is 700. The zero-order valence-corrected chi connectivity index (χ0v) is 12.1. The van der Waals surface area contributed by atoms with Crippen molar-refractivity contribution in [2.24, 2.45) is 4.99 Å². The van der Waals surface area contributed by atoms with Crippen LogP contribution in [0.2, 0.25) is 0 Å². The molecule has 2 rings (SSSR count). The highest BCUT2D eigenvalue weighted by molar-refractivity contribution is 5.83. The molecule has 0 bridgehead atoms. The predicted molar refractivity (Wildman–Crippen MR) is 84.6 cm³/mol. The summed E-state index contributed by atoms with van der Waals surface area (Å²) < 4.78 is 0. The highest BCUT2D eigenvalue weighted by Gasteiger charge is 2.20. The van der Waals surface area contributed by atoms with Gasteiger partial charge in [0.15, 0.2) is 0 Å². The molecule has 0 amide bonds. The topological polar surface area (TPSA) is 116 Å². The van der Waals surface area contributed by atoms with Crippen LogP contribution < -0.4 is 0 Å². The maximum atomic E-state index is 10.6. The van der Waals surface area contributed by atoms with Crippen molar-refractivity contribution < 1.29 is 20.2 Å². The summed E-state index contributed by atoms with van der Waals surface area (Å²) in [6, 6.07) is 11.1. The van der Waals surface area contributed by atoms with Gasteiger partial charge < -0.3 is 15.3 Å². The maximum Gasteiger partial charge on any atom is 0.269 e. The number of aliphatic hydroxyl groups excluding tert-OH is 2. The van der Waals surface area contributed by atoms with E-state index in [1.807, 2.05) is 0 Å². The van der Waals surface area contributed by atoms with Gasteiger partial charge in [-0.15, -0.1) is 0 Å². The number of phenols is 1. The molecule has 2 aromatic rings. The molecule has 0 aliphatic heterocycles. The minimum Gasteiger partial charge on any atom is -0.507 e. The van der Waals surface area contributed by atoms with Gasteiger partial charge >= 0.3 is 0 Å². The Labute approximate surface area is 132 Å². The molecule has 0 saturated heterocycles. The molecule has 0 aliphatic rings. The summed E-state index contributed by atoms with van der Waals surface area (Å²) in [6.07, 6.45) is 0.244. The fourth-order valence-electron chi connectivity index (χ4n) is 2.02. The third kappa shape index (κ3) is 4.12. The summed E-state index contributed by atoms with van der Waals surface area (Å²) in [5, 5.41) is 39.9. The molecule has 0 aromatic heterocycles. The molecule has 2 atom stereocenters. The van der Waals surface area contributed by atoms with Crippen LogP contribution in [0.4, 0.5) is 5.69 Å². The van der Waals surface area contributed by atoms with Gasteiger partial charge in [-0.1, -0.05) is 12.1 Å². The SMILES string of the molecule is O=[N+]([O-])c1ccc(C(O)C(CO)N=Cc2ccccc2O)cc1. The fraction of sp³-hybridized carbons (Fsp3) is 0.188. The number of phenolic OH excluding ortho intramolecular Hbond substituents is 1. The van der Waals surface area contributed by atoms with Crippen molar-refractivity contribution in [3.05, 3.63) is 69.8 Å². The van der Waals surface area contributed by atoms with Gasteiger partial charge in [-0.2, -0.15) is 0 Å². The molecular formula is C16H16N2O5. The van der Waals surface area contributed by atoms with Gasteiger partial charge in [-0.25, -0.2) is 0 Å². The monoisotopic (exact) mass is 316 g/mol. The standard InChI is InChI=1S/C16H16N2O5/c19-10-14(17-9-12-3-1-2-4-15(12)20)16(21)11-5-7-13(8-6-11)18(22)23/h1-9,14,16,19-21H,10H2. The first-order chi connectivity index (χ1) is 11.0. The molecule has 2 unspecified atom stereocenters. The summed E-state index contributed by atoms with van der Waals surface area (Å²) in [4.78, 5) is 14.2. The van der Waals surface area contributed by atoms with E-state index in [2.05, 4.69) is 4.99 Å². The Morgan fingerprint density at radius 2 is 1.83 bits per heavy atom. The molecule has 23 heavy (non-hydrogen) atoms. The third-order valence-corrected chi connectivity index (χ3v) is 3.34. The molecule has 3 N–H and O–H groups in total. The van der Waals surface area contributed by atoms with E-state index in [1.54, 1.807) is 18.2 Å². The number of aliphatic hydroxyl groups is 2. The lowest BCUT2D eigenvalue weighted by Crippen LogP contribution is -2.21. The number of benzene rings is 2. The van der Waals surface area contributed by atoms with Gasteiger partial charge in [-0.05, 0) is 29.8 Å². The number of hydrogen-bond donors (Lipinski definition) is 3. The van der Waals surface area contributed by atoms with Crippen LogP contribution >= 0.6 is 0 Å². The second-order valence-electron chi connectivity index (χ2n) is 4.88. The van der Waals surface area contributed by atoms with Crippen LogP contribution in [0, 0.1) is 10.1 Å². The Balaban J connectivity index is 2.16. The Morgan fingerprint density at radius 3 is 2.39 bits per heavy atom. The maximum absolute atomic E-state index is 10.6. The van der Waals surface area contributed by atoms with Crippen molar-refractivity contribution >= 4 is 11.9 Å². The minimum atomic E-state index is -1.12. The average Bonchev–Trinajstić information content (AvgIpc) is 2.56. The summed E-state index contributed by atoms with van der Waals surface area (Å²) >= 11 is 0. The summed E-state index contributed by atoms with van der Waals surface area (Å²) in [6.45, 7) is -0.414. The van der Waals surface area contributed by atoms with E-state index in [0.29, 0.717) is 11.1 Å². The average molecular weight is 316 g/mol. The molecule has 0 heterocycles. The van der Waals surface area contributed by atoms with Gasteiger partial charge in [0.2, 0.25) is 0 Å². The van der Waals surface area contributed by atoms with Crippen molar-refractivity contribution in [3.63, 3.8) is 0 Å². The van der Waals surface area contributed by atoms with E-state index in [1.165, 1.54) is 36.5 Å². The van der Waals surface area contributed by atoms with Crippen LogP contribution in [-0.2, 0) is 0 Å². The van der Waals surface area contributed by atoms with Gasteiger partial charge in [0.05, 0.1) is 11.5 Å². The van der Waals surface area contributed by atoms with Crippen LogP contribution in [0.5, 0.6) is 5.75 Å². The first-order valence-corrected chi connectivity index (χ1v) is 6.87. The zero-order chi connectivity index (χ0) is 16.8. The normalized spacial score (nSPS) is 13.8. The summed E-state index contributed by atoms with van der Waals surface area (Å²) in [5.41, 5.74) is 0.783. The number of aromatic hydroxyl groups is 1. The number of aliphatic imine (C=N–C) groups is 1. The number of para-hydroxylation sites is 1. The highest BCUT2D eigenvalue weighted by Crippen LogP contribution is 2.22. The quantitative estimate of drug-likeness (QED) is 0.427. The molecule has 0 fully saturated rings. The van der Waals surface area contributed by atoms with Gasteiger partial charge in [-0.3, -0.25) is 15.1 Å². The lowest BCUT2D eigenvalue weighted by atomic mass is 10.0. The first kappa shape index (κ1) is 16.6. The number of non-ortho nitro benzene ring substituents is 1. The number of hydrogen-bond acceptors (Lipinski definition) is 6. The fourth-order valence-corrected chi connectivity index (χ4v) is 2.02. The number of nitro benzene ring substituents is 1. The van der Waals surface area contributed by atoms with E-state index in [-0.39, 0.29) is 11.4 Å². The van der Waals surface area contributed by atoms with E-state index in [0.717, 1.165) is 0 Å². The third-order valence-electron chi connectivity index (χ3n) is 3.34. The Morgan fingerprint density at radius 1 is 1.17 bits per heavy atom. The van der Waals surface area contributed by atoms with Crippen molar-refractivity contribution in [3.8, 4) is 5.75 Å². The van der Waals surface area contributed by atoms with Crippen LogP contribution in [0.3, 0.4) is 0 Å². The number of nitro groups is 1. The number of nitrogens with zero attached hydrogens (tertiary/aromatic N) is 2. The molecule has 0 spiro atoms. The predicted octanol–water partition coefficient (Wildman–Crippen LogP) is 1.81. The van der Waals surface area contributed by atoms with Crippen LogP contribution in [0.1, 0.15) is 17.2 Å². The lowest BCUT2D eigenvalue weighted by Gasteiger charge is -2.17. The molecule has 2 aromatic carbocycles. The molecule has 7 nitrogen and oxygen atoms in total. The molecule has 0 aliphatic carbocycles. The van der Waals surface area contributed by atoms with Gasteiger partial charge in [0, 0.05) is 23.9 Å². The van der Waals surface area contributed by atoms with Crippen molar-refractivity contribution in [1.29, 1.82) is 0 Å². The van der Waals surface area contributed by atoms with Gasteiger partial charge in [0.1, 0.15) is 17.9 Å². The second-order valence-corrected chi connectivity index (χ2v) is 4.88. The van der Waals surface area contributed by atoms with Crippen LogP contribution in [0.15, 0.2) is 53.5 Å². The van der Waals surface area contributed by atoms with E-state index in [9.17, 15) is 25.4 Å². The largest absolute Gasteiger partial charge is 0.507 e. The second kappa shape index (κ2) is 7.48. The van der Waals surface area contributed by atoms with Crippen molar-refractivity contribution in [1.82, 2.24) is 0 Å². The zero-order valence-electron chi connectivity index (χ0n) is 12.1. The Kier molecular flexibility index (Phi) is 5.40.